The molecule has 0 radical (unpaired) electrons. The molecule has 38 heavy (non-hydrogen) atoms. The quantitative estimate of drug-likeness (QED) is 0.221. The molecule has 0 saturated heterocycles. The first-order valence-electron chi connectivity index (χ1n) is 14.5. The van der Waals surface area contributed by atoms with Crippen molar-refractivity contribution < 1.29 is 4.74 Å². The van der Waals surface area contributed by atoms with Gasteiger partial charge in [-0.25, -0.2) is 0 Å². The predicted molar refractivity (Wildman–Crippen MR) is 160 cm³/mol. The van der Waals surface area contributed by atoms with Gasteiger partial charge < -0.3 is 4.74 Å². The van der Waals surface area contributed by atoms with Crippen molar-refractivity contribution in [2.24, 2.45) is 0 Å². The van der Waals surface area contributed by atoms with Gasteiger partial charge >= 0.3 is 0 Å². The smallest absolute Gasteiger partial charge is 0.132 e. The molecular formula is C37H40O. The third-order valence-corrected chi connectivity index (χ3v) is 10.5. The Morgan fingerprint density at radius 3 is 1.32 bits per heavy atom. The highest BCUT2D eigenvalue weighted by Crippen LogP contribution is 2.62. The molecule has 1 aliphatic carbocycles. The summed E-state index contributed by atoms with van der Waals surface area (Å²) >= 11 is 0. The van der Waals surface area contributed by atoms with Crippen molar-refractivity contribution in [3.63, 3.8) is 0 Å². The molecule has 1 aliphatic heterocycles. The van der Waals surface area contributed by atoms with Crippen molar-refractivity contribution in [2.45, 2.75) is 83.5 Å². The standard InChI is InChI=1S/C37H40O/c1-7-35(5,8-2)25-19-21-27-28-22-20-26(36(6,9-3)10-4)24-32(28)37(31(27)23-25)29-15-11-13-17-33(29)38-34-18-14-12-16-30(34)37/h11-24H,7-10H2,1-6H3. The summed E-state index contributed by atoms with van der Waals surface area (Å²) < 4.78 is 6.57. The SMILES string of the molecule is CCC(C)(CC)c1ccc2c(c1)C1(c3ccccc3Oc3ccccc31)c1cc(C(C)(CC)CC)ccc1-2. The normalized spacial score (nSPS) is 14.9. The van der Waals surface area contributed by atoms with Crippen molar-refractivity contribution >= 4 is 0 Å². The Balaban J connectivity index is 1.77. The molecule has 0 unspecified atom stereocenters. The van der Waals surface area contributed by atoms with Crippen LogP contribution in [-0.4, -0.2) is 0 Å². The third kappa shape index (κ3) is 3.24. The zero-order valence-electron chi connectivity index (χ0n) is 23.8. The van der Waals surface area contributed by atoms with E-state index >= 15 is 0 Å². The van der Waals surface area contributed by atoms with Crippen molar-refractivity contribution in [1.29, 1.82) is 0 Å². The zero-order chi connectivity index (χ0) is 26.7. The van der Waals surface area contributed by atoms with Gasteiger partial charge in [0.15, 0.2) is 0 Å². The van der Waals surface area contributed by atoms with Gasteiger partial charge in [-0.2, -0.15) is 0 Å². The Kier molecular flexibility index (Phi) is 5.83. The fraction of sp³-hybridized carbons (Fsp3) is 0.351. The van der Waals surface area contributed by atoms with Crippen LogP contribution in [0.2, 0.25) is 0 Å². The molecule has 0 bridgehead atoms. The highest BCUT2D eigenvalue weighted by Gasteiger charge is 2.51. The van der Waals surface area contributed by atoms with E-state index in [1.807, 2.05) is 0 Å². The van der Waals surface area contributed by atoms with Crippen molar-refractivity contribution in [3.8, 4) is 22.6 Å². The van der Waals surface area contributed by atoms with E-state index in [1.165, 1.54) is 44.5 Å². The van der Waals surface area contributed by atoms with E-state index < -0.39 is 5.41 Å². The monoisotopic (exact) mass is 500 g/mol. The van der Waals surface area contributed by atoms with E-state index in [1.54, 1.807) is 0 Å². The molecule has 0 atom stereocenters. The van der Waals surface area contributed by atoms with E-state index in [-0.39, 0.29) is 10.8 Å². The zero-order valence-corrected chi connectivity index (χ0v) is 23.8. The van der Waals surface area contributed by atoms with Crippen LogP contribution in [0.5, 0.6) is 11.5 Å². The van der Waals surface area contributed by atoms with E-state index in [9.17, 15) is 0 Å². The van der Waals surface area contributed by atoms with E-state index in [2.05, 4.69) is 126 Å². The maximum atomic E-state index is 6.57. The van der Waals surface area contributed by atoms with Crippen molar-refractivity contribution in [2.75, 3.05) is 0 Å². The van der Waals surface area contributed by atoms with E-state index in [0.717, 1.165) is 37.2 Å². The molecule has 0 N–H and O–H groups in total. The maximum absolute atomic E-state index is 6.57. The average Bonchev–Trinajstić information content (AvgIpc) is 3.26. The third-order valence-electron chi connectivity index (χ3n) is 10.5. The Morgan fingerprint density at radius 2 is 0.921 bits per heavy atom. The van der Waals surface area contributed by atoms with E-state index in [4.69, 9.17) is 4.74 Å². The maximum Gasteiger partial charge on any atom is 0.132 e. The lowest BCUT2D eigenvalue weighted by molar-refractivity contribution is 0.429. The molecular weight excluding hydrogens is 460 g/mol. The minimum atomic E-state index is -0.410. The molecule has 4 aromatic rings. The first kappa shape index (κ1) is 25.0. The summed E-state index contributed by atoms with van der Waals surface area (Å²) in [6.45, 7) is 14.1. The van der Waals surface area contributed by atoms with Gasteiger partial charge in [0.2, 0.25) is 0 Å². The van der Waals surface area contributed by atoms with Gasteiger partial charge in [-0.15, -0.1) is 0 Å². The van der Waals surface area contributed by atoms with E-state index in [0.29, 0.717) is 0 Å². The molecule has 1 nitrogen and oxygen atoms in total. The number of hydrogen-bond acceptors (Lipinski definition) is 1. The molecule has 194 valence electrons. The van der Waals surface area contributed by atoms with Gasteiger partial charge in [-0.05, 0) is 82.0 Å². The van der Waals surface area contributed by atoms with Gasteiger partial charge in [0, 0.05) is 11.1 Å². The van der Waals surface area contributed by atoms with Gasteiger partial charge in [0.25, 0.3) is 0 Å². The molecule has 2 aliphatic rings. The lowest BCUT2D eigenvalue weighted by atomic mass is 9.64. The second kappa shape index (κ2) is 8.87. The summed E-state index contributed by atoms with van der Waals surface area (Å²) in [4.78, 5) is 0. The van der Waals surface area contributed by atoms with Crippen LogP contribution in [0.15, 0.2) is 84.9 Å². The molecule has 1 heterocycles. The molecule has 4 aromatic carbocycles. The van der Waals surface area contributed by atoms with Crippen LogP contribution in [0.25, 0.3) is 11.1 Å². The van der Waals surface area contributed by atoms with Crippen LogP contribution in [0, 0.1) is 0 Å². The van der Waals surface area contributed by atoms with Crippen LogP contribution in [-0.2, 0) is 16.2 Å². The molecule has 0 fully saturated rings. The average molecular weight is 501 g/mol. The number of benzene rings is 4. The summed E-state index contributed by atoms with van der Waals surface area (Å²) in [5, 5.41) is 0. The molecule has 0 aromatic heterocycles. The van der Waals surface area contributed by atoms with Gasteiger partial charge in [-0.3, -0.25) is 0 Å². The molecule has 1 heteroatoms. The summed E-state index contributed by atoms with van der Waals surface area (Å²) in [7, 11) is 0. The Hall–Kier alpha value is -3.32. The lowest BCUT2D eigenvalue weighted by Crippen LogP contribution is -2.33. The van der Waals surface area contributed by atoms with Gasteiger partial charge in [0.1, 0.15) is 11.5 Å². The number of ether oxygens (including phenoxy) is 1. The number of para-hydroxylation sites is 2. The fourth-order valence-corrected chi connectivity index (χ4v) is 6.97. The van der Waals surface area contributed by atoms with Crippen molar-refractivity contribution in [3.05, 3.63) is 118 Å². The fourth-order valence-electron chi connectivity index (χ4n) is 6.97. The summed E-state index contributed by atoms with van der Waals surface area (Å²) in [6, 6.07) is 32.1. The highest BCUT2D eigenvalue weighted by molar-refractivity contribution is 5.89. The Bertz CT molecular complexity index is 1400. The first-order valence-corrected chi connectivity index (χ1v) is 14.5. The number of fused-ring (bicyclic) bond motifs is 9. The van der Waals surface area contributed by atoms with Crippen LogP contribution >= 0.6 is 0 Å². The Labute approximate surface area is 228 Å². The van der Waals surface area contributed by atoms with Crippen LogP contribution in [0.1, 0.15) is 101 Å². The molecule has 1 spiro atoms. The van der Waals surface area contributed by atoms with Crippen LogP contribution in [0.3, 0.4) is 0 Å². The van der Waals surface area contributed by atoms with Crippen molar-refractivity contribution in [1.82, 2.24) is 0 Å². The number of hydrogen-bond donors (Lipinski definition) is 0. The second-order valence-electron chi connectivity index (χ2n) is 11.9. The van der Waals surface area contributed by atoms with Gasteiger partial charge in [0.05, 0.1) is 5.41 Å². The topological polar surface area (TPSA) is 9.23 Å². The molecule has 0 saturated carbocycles. The van der Waals surface area contributed by atoms with Crippen LogP contribution in [0.4, 0.5) is 0 Å². The Morgan fingerprint density at radius 1 is 0.526 bits per heavy atom. The summed E-state index contributed by atoms with van der Waals surface area (Å²) in [6.07, 6.45) is 4.48. The number of rotatable bonds is 6. The van der Waals surface area contributed by atoms with Crippen LogP contribution < -0.4 is 4.74 Å². The highest BCUT2D eigenvalue weighted by atomic mass is 16.5. The largest absolute Gasteiger partial charge is 0.457 e. The predicted octanol–water partition coefficient (Wildman–Crippen LogP) is 10.3. The van der Waals surface area contributed by atoms with Gasteiger partial charge in [-0.1, -0.05) is 114 Å². The lowest BCUT2D eigenvalue weighted by Gasteiger charge is -2.40. The summed E-state index contributed by atoms with van der Waals surface area (Å²) in [5.74, 6) is 1.92. The minimum absolute atomic E-state index is 0.142. The second-order valence-corrected chi connectivity index (χ2v) is 11.9. The summed E-state index contributed by atoms with van der Waals surface area (Å²) in [5.41, 5.74) is 10.7. The molecule has 0 amide bonds. The minimum Gasteiger partial charge on any atom is -0.457 e. The molecule has 6 rings (SSSR count). The first-order chi connectivity index (χ1) is 18.4.